The van der Waals surface area contributed by atoms with Crippen molar-refractivity contribution >= 4 is 17.6 Å². The van der Waals surface area contributed by atoms with Crippen molar-refractivity contribution in [2.24, 2.45) is 17.0 Å². The number of nitrogens with zero attached hydrogens (tertiary/aromatic N) is 3. The largest absolute Gasteiger partial charge is 0.494 e. The van der Waals surface area contributed by atoms with Crippen molar-refractivity contribution in [3.63, 3.8) is 0 Å². The highest BCUT2D eigenvalue weighted by molar-refractivity contribution is 6.44. The second kappa shape index (κ2) is 5.06. The lowest BCUT2D eigenvalue weighted by Crippen LogP contribution is -2.03. The Bertz CT molecular complexity index is 760. The number of aliphatic hydroxyl groups is 1. The number of aliphatic imine (C=N–C) groups is 2. The molecule has 21 heavy (non-hydrogen) atoms. The number of aromatic hydroxyl groups is 2. The van der Waals surface area contributed by atoms with Gasteiger partial charge in [0.25, 0.3) is 0 Å². The first-order valence-electron chi connectivity index (χ1n) is 6.54. The van der Waals surface area contributed by atoms with Crippen LogP contribution in [0.2, 0.25) is 0 Å². The van der Waals surface area contributed by atoms with Crippen molar-refractivity contribution in [3.8, 4) is 22.9 Å². The zero-order valence-electron chi connectivity index (χ0n) is 11.5. The smallest absolute Gasteiger partial charge is 0.201 e. The van der Waals surface area contributed by atoms with E-state index >= 15 is 0 Å². The van der Waals surface area contributed by atoms with Crippen LogP contribution in [0.4, 0.5) is 5.69 Å². The first kappa shape index (κ1) is 13.4. The summed E-state index contributed by atoms with van der Waals surface area (Å²) in [7, 11) is 1.58. The van der Waals surface area contributed by atoms with E-state index in [1.165, 1.54) is 10.6 Å². The van der Waals surface area contributed by atoms with Gasteiger partial charge in [0.15, 0.2) is 5.88 Å². The van der Waals surface area contributed by atoms with Crippen molar-refractivity contribution in [3.05, 3.63) is 29.8 Å². The van der Waals surface area contributed by atoms with E-state index in [1.807, 2.05) is 18.2 Å². The number of benzene rings is 1. The minimum Gasteiger partial charge on any atom is -0.494 e. The zero-order valence-corrected chi connectivity index (χ0v) is 11.5. The molecule has 0 aliphatic carbocycles. The Morgan fingerprint density at radius 1 is 1.24 bits per heavy atom. The third kappa shape index (κ3) is 2.09. The van der Waals surface area contributed by atoms with E-state index in [-0.39, 0.29) is 18.4 Å². The fourth-order valence-electron chi connectivity index (χ4n) is 2.40. The molecule has 0 unspecified atom stereocenters. The predicted octanol–water partition coefficient (Wildman–Crippen LogP) is 1.60. The van der Waals surface area contributed by atoms with Crippen molar-refractivity contribution in [1.82, 2.24) is 4.57 Å². The topological polar surface area (TPSA) is 90.3 Å². The van der Waals surface area contributed by atoms with Crippen LogP contribution in [0, 0.1) is 0 Å². The molecule has 1 aromatic carbocycles. The van der Waals surface area contributed by atoms with Gasteiger partial charge in [-0.1, -0.05) is 12.1 Å². The summed E-state index contributed by atoms with van der Waals surface area (Å²) < 4.78 is 1.30. The van der Waals surface area contributed by atoms with Gasteiger partial charge in [-0.15, -0.1) is 0 Å². The van der Waals surface area contributed by atoms with E-state index in [4.69, 9.17) is 5.11 Å². The van der Waals surface area contributed by atoms with Crippen LogP contribution in [-0.4, -0.2) is 45.0 Å². The summed E-state index contributed by atoms with van der Waals surface area (Å²) in [4.78, 5) is 8.58. The molecule has 3 N–H and O–H groups in total. The van der Waals surface area contributed by atoms with Crippen LogP contribution in [0.15, 0.2) is 34.3 Å². The first-order valence-corrected chi connectivity index (χ1v) is 6.54. The van der Waals surface area contributed by atoms with Crippen LogP contribution in [0.5, 0.6) is 11.8 Å². The molecular formula is C15H15N3O3. The third-order valence-corrected chi connectivity index (χ3v) is 3.47. The van der Waals surface area contributed by atoms with Gasteiger partial charge in [0.1, 0.15) is 0 Å². The molecular weight excluding hydrogens is 270 g/mol. The summed E-state index contributed by atoms with van der Waals surface area (Å²) in [5.74, 6) is -0.0397. The molecule has 0 spiro atoms. The van der Waals surface area contributed by atoms with Gasteiger partial charge in [-0.3, -0.25) is 14.6 Å². The number of hydrogen-bond donors (Lipinski definition) is 3. The van der Waals surface area contributed by atoms with Crippen LogP contribution in [0.1, 0.15) is 5.56 Å². The highest BCUT2D eigenvalue weighted by Crippen LogP contribution is 2.40. The summed E-state index contributed by atoms with van der Waals surface area (Å²) in [6.45, 7) is 0.257. The van der Waals surface area contributed by atoms with Gasteiger partial charge in [-0.05, 0) is 11.6 Å². The molecule has 0 radical (unpaired) electrons. The summed E-state index contributed by atoms with van der Waals surface area (Å²) >= 11 is 0. The second-order valence-electron chi connectivity index (χ2n) is 4.75. The van der Waals surface area contributed by atoms with Gasteiger partial charge in [0, 0.05) is 24.2 Å². The maximum Gasteiger partial charge on any atom is 0.201 e. The Labute approximate surface area is 121 Å². The Hall–Kier alpha value is -2.60. The van der Waals surface area contributed by atoms with Crippen molar-refractivity contribution < 1.29 is 15.3 Å². The maximum atomic E-state index is 10.1. The van der Waals surface area contributed by atoms with Crippen molar-refractivity contribution in [2.45, 2.75) is 0 Å². The van der Waals surface area contributed by atoms with E-state index in [2.05, 4.69) is 9.98 Å². The number of fused-ring (bicyclic) bond motifs is 1. The van der Waals surface area contributed by atoms with E-state index in [0.29, 0.717) is 17.8 Å². The lowest BCUT2D eigenvalue weighted by molar-refractivity contribution is 0.307. The molecule has 2 heterocycles. The zero-order chi connectivity index (χ0) is 15.0. The lowest BCUT2D eigenvalue weighted by atomic mass is 9.98. The van der Waals surface area contributed by atoms with E-state index in [0.717, 1.165) is 16.8 Å². The molecule has 0 fully saturated rings. The predicted molar refractivity (Wildman–Crippen MR) is 80.8 cm³/mol. The summed E-state index contributed by atoms with van der Waals surface area (Å²) in [6, 6.07) is 7.05. The molecule has 0 amide bonds. The van der Waals surface area contributed by atoms with E-state index in [9.17, 15) is 10.2 Å². The molecule has 1 aliphatic heterocycles. The quantitative estimate of drug-likeness (QED) is 0.800. The van der Waals surface area contributed by atoms with Gasteiger partial charge in [0.05, 0.1) is 30.8 Å². The molecule has 6 heteroatoms. The van der Waals surface area contributed by atoms with E-state index < -0.39 is 0 Å². The van der Waals surface area contributed by atoms with Crippen LogP contribution < -0.4 is 0 Å². The van der Waals surface area contributed by atoms with Crippen LogP contribution in [-0.2, 0) is 7.05 Å². The minimum absolute atomic E-state index is 0.0192. The number of hydrogen-bond acceptors (Lipinski definition) is 5. The van der Waals surface area contributed by atoms with Gasteiger partial charge < -0.3 is 15.3 Å². The Balaban J connectivity index is 2.18. The fourth-order valence-corrected chi connectivity index (χ4v) is 2.40. The van der Waals surface area contributed by atoms with Crippen LogP contribution >= 0.6 is 0 Å². The van der Waals surface area contributed by atoms with Gasteiger partial charge in [0.2, 0.25) is 5.88 Å². The monoisotopic (exact) mass is 285 g/mol. The molecule has 0 atom stereocenters. The molecule has 0 saturated heterocycles. The standard InChI is InChI=1S/C15H15N3O3/c1-18-13(20)7-10(15(18)21)9-3-2-4-11-14(9)12(8-17-11)16-5-6-19/h2-4,7-8,19-21H,5-6H2,1H3. The Morgan fingerprint density at radius 3 is 2.71 bits per heavy atom. The molecule has 108 valence electrons. The number of aliphatic hydroxyl groups excluding tert-OH is 1. The van der Waals surface area contributed by atoms with E-state index in [1.54, 1.807) is 13.3 Å². The van der Waals surface area contributed by atoms with Crippen LogP contribution in [0.3, 0.4) is 0 Å². The molecule has 0 saturated carbocycles. The Kier molecular flexibility index (Phi) is 3.23. The normalized spacial score (nSPS) is 14.9. The molecule has 1 aromatic heterocycles. The average molecular weight is 285 g/mol. The summed E-state index contributed by atoms with van der Waals surface area (Å²) in [5, 5.41) is 28.8. The average Bonchev–Trinajstić information content (AvgIpc) is 3.02. The molecule has 6 nitrogen and oxygen atoms in total. The highest BCUT2D eigenvalue weighted by atomic mass is 16.3. The third-order valence-electron chi connectivity index (χ3n) is 3.47. The van der Waals surface area contributed by atoms with Gasteiger partial charge >= 0.3 is 0 Å². The molecule has 2 aromatic rings. The molecule has 3 rings (SSSR count). The fraction of sp³-hybridized carbons (Fsp3) is 0.200. The molecule has 1 aliphatic rings. The summed E-state index contributed by atoms with van der Waals surface area (Å²) in [6.07, 6.45) is 1.64. The summed E-state index contributed by atoms with van der Waals surface area (Å²) in [5.41, 5.74) is 3.49. The number of rotatable bonds is 3. The lowest BCUT2D eigenvalue weighted by Gasteiger charge is -2.08. The van der Waals surface area contributed by atoms with Crippen LogP contribution in [0.25, 0.3) is 11.1 Å². The van der Waals surface area contributed by atoms with Gasteiger partial charge in [-0.2, -0.15) is 0 Å². The first-order chi connectivity index (χ1) is 10.1. The van der Waals surface area contributed by atoms with Crippen molar-refractivity contribution in [1.29, 1.82) is 0 Å². The number of aromatic nitrogens is 1. The Morgan fingerprint density at radius 2 is 2.05 bits per heavy atom. The molecule has 0 bridgehead atoms. The van der Waals surface area contributed by atoms with Gasteiger partial charge in [-0.25, -0.2) is 0 Å². The maximum absolute atomic E-state index is 10.1. The van der Waals surface area contributed by atoms with Crippen molar-refractivity contribution in [2.75, 3.05) is 13.2 Å². The SMILES string of the molecule is Cn1c(O)cc(-c2cccc3c2C(=NCCO)C=N3)c1O. The second-order valence-corrected chi connectivity index (χ2v) is 4.75. The highest BCUT2D eigenvalue weighted by Gasteiger charge is 2.22. The minimum atomic E-state index is -0.0355.